The number of hydrogen-bond donors (Lipinski definition) is 2. The number of nitrogens with two attached hydrogens (primary N) is 1. The summed E-state index contributed by atoms with van der Waals surface area (Å²) in [7, 11) is 0. The highest BCUT2D eigenvalue weighted by molar-refractivity contribution is 7.99. The molecule has 0 radical (unpaired) electrons. The monoisotopic (exact) mass is 288 g/mol. The first-order valence-electron chi connectivity index (χ1n) is 7.29. The number of hydrogen-bond acceptors (Lipinski definition) is 3. The van der Waals surface area contributed by atoms with Crippen LogP contribution in [0.5, 0.6) is 0 Å². The molecular weight excluding hydrogens is 260 g/mol. The highest BCUT2D eigenvalue weighted by Gasteiger charge is 2.01. The molecule has 0 aromatic carbocycles. The zero-order valence-electron chi connectivity index (χ0n) is 12.1. The second-order valence-corrected chi connectivity index (χ2v) is 5.85. The van der Waals surface area contributed by atoms with Crippen LogP contribution in [0.15, 0.2) is 0 Å². The van der Waals surface area contributed by atoms with Crippen molar-refractivity contribution < 1.29 is 9.59 Å². The summed E-state index contributed by atoms with van der Waals surface area (Å²) in [5.74, 6) is 0.881. The van der Waals surface area contributed by atoms with E-state index < -0.39 is 0 Å². The predicted molar refractivity (Wildman–Crippen MR) is 82.1 cm³/mol. The van der Waals surface area contributed by atoms with Crippen molar-refractivity contribution in [2.24, 2.45) is 5.73 Å². The molecule has 0 saturated carbocycles. The second-order valence-electron chi connectivity index (χ2n) is 4.74. The minimum atomic E-state index is -0.306. The van der Waals surface area contributed by atoms with Crippen LogP contribution in [0.25, 0.3) is 0 Å². The van der Waals surface area contributed by atoms with Crippen LogP contribution in [-0.4, -0.2) is 29.9 Å². The van der Waals surface area contributed by atoms with E-state index in [0.29, 0.717) is 18.7 Å². The lowest BCUT2D eigenvalue weighted by molar-refractivity contribution is -0.121. The third kappa shape index (κ3) is 15.2. The van der Waals surface area contributed by atoms with E-state index in [4.69, 9.17) is 5.73 Å². The van der Waals surface area contributed by atoms with Crippen molar-refractivity contribution in [3.63, 3.8) is 0 Å². The second kappa shape index (κ2) is 13.7. The molecule has 0 fully saturated rings. The summed E-state index contributed by atoms with van der Waals surface area (Å²) < 4.78 is 0. The molecule has 0 aromatic heterocycles. The van der Waals surface area contributed by atoms with Gasteiger partial charge in [0.2, 0.25) is 11.8 Å². The smallest absolute Gasteiger partial charge is 0.227 e. The molecule has 0 saturated heterocycles. The third-order valence-electron chi connectivity index (χ3n) is 2.82. The van der Waals surface area contributed by atoms with E-state index in [2.05, 4.69) is 12.2 Å². The van der Waals surface area contributed by atoms with Gasteiger partial charge in [-0.2, -0.15) is 11.8 Å². The summed E-state index contributed by atoms with van der Waals surface area (Å²) >= 11 is 1.45. The van der Waals surface area contributed by atoms with Crippen molar-refractivity contribution in [3.05, 3.63) is 0 Å². The van der Waals surface area contributed by atoms with Crippen molar-refractivity contribution in [2.75, 3.05) is 18.1 Å². The minimum absolute atomic E-state index is 0.119. The first kappa shape index (κ1) is 18.3. The van der Waals surface area contributed by atoms with Gasteiger partial charge >= 0.3 is 0 Å². The molecule has 0 atom stereocenters. The normalized spacial score (nSPS) is 10.4. The van der Waals surface area contributed by atoms with E-state index in [-0.39, 0.29) is 11.8 Å². The molecule has 0 aromatic rings. The summed E-state index contributed by atoms with van der Waals surface area (Å²) in [6.45, 7) is 2.83. The van der Waals surface area contributed by atoms with Gasteiger partial charge in [0, 0.05) is 18.7 Å². The van der Waals surface area contributed by atoms with Crippen molar-refractivity contribution >= 4 is 23.6 Å². The zero-order chi connectivity index (χ0) is 14.3. The summed E-state index contributed by atoms with van der Waals surface area (Å²) in [5, 5.41) is 2.86. The molecule has 0 bridgehead atoms. The Morgan fingerprint density at radius 3 is 2.32 bits per heavy atom. The van der Waals surface area contributed by atoms with Crippen molar-refractivity contribution in [1.82, 2.24) is 5.32 Å². The van der Waals surface area contributed by atoms with Crippen LogP contribution in [-0.2, 0) is 9.59 Å². The Hall–Kier alpha value is -0.710. The molecule has 0 rings (SSSR count). The molecule has 0 aliphatic rings. The lowest BCUT2D eigenvalue weighted by Crippen LogP contribution is -2.26. The number of carbonyl (C=O) groups is 2. The Morgan fingerprint density at radius 2 is 1.68 bits per heavy atom. The molecule has 0 unspecified atom stereocenters. The van der Waals surface area contributed by atoms with Crippen LogP contribution in [0, 0.1) is 0 Å². The lowest BCUT2D eigenvalue weighted by atomic mass is 10.1. The molecule has 112 valence electrons. The van der Waals surface area contributed by atoms with Gasteiger partial charge in [-0.05, 0) is 6.42 Å². The molecule has 5 heteroatoms. The maximum atomic E-state index is 11.5. The maximum Gasteiger partial charge on any atom is 0.227 e. The quantitative estimate of drug-likeness (QED) is 0.511. The van der Waals surface area contributed by atoms with E-state index >= 15 is 0 Å². The molecule has 3 N–H and O–H groups in total. The zero-order valence-corrected chi connectivity index (χ0v) is 12.9. The lowest BCUT2D eigenvalue weighted by Gasteiger charge is -2.04. The number of unbranched alkanes of at least 4 members (excludes halogenated alkanes) is 6. The van der Waals surface area contributed by atoms with Gasteiger partial charge in [0.1, 0.15) is 0 Å². The van der Waals surface area contributed by atoms with E-state index in [9.17, 15) is 9.59 Å². The summed E-state index contributed by atoms with van der Waals surface area (Å²) in [5.41, 5.74) is 5.01. The molecule has 0 aliphatic carbocycles. The first-order valence-corrected chi connectivity index (χ1v) is 8.45. The Morgan fingerprint density at radius 1 is 1.05 bits per heavy atom. The largest absolute Gasteiger partial charge is 0.369 e. The number of primary amides is 1. The Bertz CT molecular complexity index is 248. The fourth-order valence-corrected chi connectivity index (χ4v) is 2.36. The summed E-state index contributed by atoms with van der Waals surface area (Å²) in [4.78, 5) is 21.9. The molecular formula is C14H28N2O2S. The van der Waals surface area contributed by atoms with Crippen molar-refractivity contribution in [2.45, 2.75) is 58.3 Å². The highest BCUT2D eigenvalue weighted by Crippen LogP contribution is 2.08. The van der Waals surface area contributed by atoms with Gasteiger partial charge < -0.3 is 11.1 Å². The van der Waals surface area contributed by atoms with Gasteiger partial charge in [0.15, 0.2) is 0 Å². The molecule has 0 spiro atoms. The van der Waals surface area contributed by atoms with Gasteiger partial charge in [-0.25, -0.2) is 0 Å². The van der Waals surface area contributed by atoms with Crippen LogP contribution in [0.3, 0.4) is 0 Å². The highest BCUT2D eigenvalue weighted by atomic mass is 32.2. The van der Waals surface area contributed by atoms with Gasteiger partial charge in [-0.3, -0.25) is 9.59 Å². The fraction of sp³-hybridized carbons (Fsp3) is 0.857. The Labute approximate surface area is 121 Å². The Kier molecular flexibility index (Phi) is 13.2. The molecule has 4 nitrogen and oxygen atoms in total. The number of amides is 2. The van der Waals surface area contributed by atoms with E-state index in [1.165, 1.54) is 43.9 Å². The summed E-state index contributed by atoms with van der Waals surface area (Å²) in [6, 6.07) is 0. The van der Waals surface area contributed by atoms with Crippen LogP contribution in [0.4, 0.5) is 0 Å². The van der Waals surface area contributed by atoms with Crippen LogP contribution < -0.4 is 11.1 Å². The average molecular weight is 288 g/mol. The van der Waals surface area contributed by atoms with Gasteiger partial charge in [-0.15, -0.1) is 0 Å². The molecule has 19 heavy (non-hydrogen) atoms. The topological polar surface area (TPSA) is 72.2 Å². The van der Waals surface area contributed by atoms with E-state index in [1.807, 2.05) is 0 Å². The molecule has 0 aliphatic heterocycles. The van der Waals surface area contributed by atoms with Gasteiger partial charge in [0.05, 0.1) is 5.75 Å². The van der Waals surface area contributed by atoms with Crippen LogP contribution in [0.1, 0.15) is 58.3 Å². The SMILES string of the molecule is CCCCCCCCCC(=O)NCCSCC(N)=O. The van der Waals surface area contributed by atoms with Crippen molar-refractivity contribution in [3.8, 4) is 0 Å². The summed E-state index contributed by atoms with van der Waals surface area (Å²) in [6.07, 6.45) is 9.19. The minimum Gasteiger partial charge on any atom is -0.369 e. The van der Waals surface area contributed by atoms with Gasteiger partial charge in [0.25, 0.3) is 0 Å². The Balaban J connectivity index is 3.19. The van der Waals surface area contributed by atoms with Crippen molar-refractivity contribution in [1.29, 1.82) is 0 Å². The predicted octanol–water partition coefficient (Wildman–Crippen LogP) is 2.46. The molecule has 2 amide bonds. The van der Waals surface area contributed by atoms with Crippen LogP contribution >= 0.6 is 11.8 Å². The first-order chi connectivity index (χ1) is 9.16. The van der Waals surface area contributed by atoms with Gasteiger partial charge in [-0.1, -0.05) is 45.4 Å². The standard InChI is InChI=1S/C14H28N2O2S/c1-2-3-4-5-6-7-8-9-14(18)16-10-11-19-12-13(15)17/h2-12H2,1H3,(H2,15,17)(H,16,18). The third-order valence-corrected chi connectivity index (χ3v) is 3.80. The number of rotatable bonds is 13. The number of nitrogens with one attached hydrogen (secondary N) is 1. The number of carbonyl (C=O) groups excluding carboxylic acids is 2. The number of thioether (sulfide) groups is 1. The van der Waals surface area contributed by atoms with E-state index in [0.717, 1.165) is 18.6 Å². The maximum absolute atomic E-state index is 11.5. The molecule has 0 heterocycles. The fourth-order valence-electron chi connectivity index (χ4n) is 1.77. The van der Waals surface area contributed by atoms with E-state index in [1.54, 1.807) is 0 Å². The average Bonchev–Trinajstić information content (AvgIpc) is 2.37. The van der Waals surface area contributed by atoms with Crippen LogP contribution in [0.2, 0.25) is 0 Å².